The second-order valence-corrected chi connectivity index (χ2v) is 7.14. The standard InChI is InChI=1S/C20H30F6N/c1-4-7-10-27(11-8-5-2,12-9-6-3)18-14-16(19(21,22)23)13-17(15-18)20(24,25)26/h13-15H,4-12H2,1-3H3/q+1. The summed E-state index contributed by atoms with van der Waals surface area (Å²) in [5, 5.41) is 0. The number of benzene rings is 1. The molecule has 27 heavy (non-hydrogen) atoms. The van der Waals surface area contributed by atoms with Crippen molar-refractivity contribution >= 4 is 5.69 Å². The highest BCUT2D eigenvalue weighted by atomic mass is 19.4. The van der Waals surface area contributed by atoms with Gasteiger partial charge in [-0.3, -0.25) is 4.48 Å². The van der Waals surface area contributed by atoms with Crippen LogP contribution in [0.25, 0.3) is 0 Å². The summed E-state index contributed by atoms with van der Waals surface area (Å²) < 4.78 is 80.0. The van der Waals surface area contributed by atoms with Gasteiger partial charge in [0, 0.05) is 12.1 Å². The maximum Gasteiger partial charge on any atom is 0.416 e. The molecule has 0 atom stereocenters. The van der Waals surface area contributed by atoms with Crippen LogP contribution in [0.5, 0.6) is 0 Å². The Labute approximate surface area is 158 Å². The van der Waals surface area contributed by atoms with E-state index >= 15 is 0 Å². The number of quaternary nitrogens is 1. The zero-order chi connectivity index (χ0) is 20.7. The molecule has 0 saturated heterocycles. The fourth-order valence-corrected chi connectivity index (χ4v) is 3.32. The second kappa shape index (κ2) is 9.80. The summed E-state index contributed by atoms with van der Waals surface area (Å²) in [4.78, 5) is 0. The van der Waals surface area contributed by atoms with Gasteiger partial charge < -0.3 is 0 Å². The van der Waals surface area contributed by atoms with Crippen molar-refractivity contribution in [3.05, 3.63) is 29.3 Å². The van der Waals surface area contributed by atoms with Gasteiger partial charge in [0.1, 0.15) is 5.69 Å². The molecule has 0 fully saturated rings. The number of rotatable bonds is 10. The van der Waals surface area contributed by atoms with Crippen molar-refractivity contribution in [2.24, 2.45) is 0 Å². The summed E-state index contributed by atoms with van der Waals surface area (Å²) >= 11 is 0. The topological polar surface area (TPSA) is 0 Å². The first kappa shape index (κ1) is 23.8. The van der Waals surface area contributed by atoms with E-state index in [2.05, 4.69) is 0 Å². The fraction of sp³-hybridized carbons (Fsp3) is 0.700. The van der Waals surface area contributed by atoms with Crippen molar-refractivity contribution in [3.8, 4) is 0 Å². The Balaban J connectivity index is 3.60. The van der Waals surface area contributed by atoms with Crippen LogP contribution in [-0.2, 0) is 12.4 Å². The summed E-state index contributed by atoms with van der Waals surface area (Å²) in [5.74, 6) is 0. The number of hydrogen-bond donors (Lipinski definition) is 0. The molecule has 0 N–H and O–H groups in total. The lowest BCUT2D eigenvalue weighted by atomic mass is 10.0. The number of unbranched alkanes of at least 4 members (excludes halogenated alkanes) is 3. The van der Waals surface area contributed by atoms with Crippen LogP contribution in [0.15, 0.2) is 18.2 Å². The molecule has 0 spiro atoms. The molecule has 1 nitrogen and oxygen atoms in total. The van der Waals surface area contributed by atoms with Crippen molar-refractivity contribution in [3.63, 3.8) is 0 Å². The van der Waals surface area contributed by atoms with Crippen LogP contribution >= 0.6 is 0 Å². The highest BCUT2D eigenvalue weighted by Crippen LogP contribution is 2.40. The van der Waals surface area contributed by atoms with Gasteiger partial charge in [0.2, 0.25) is 0 Å². The summed E-state index contributed by atoms with van der Waals surface area (Å²) in [6.07, 6.45) is -4.85. The van der Waals surface area contributed by atoms with E-state index in [9.17, 15) is 26.3 Å². The van der Waals surface area contributed by atoms with Crippen molar-refractivity contribution in [1.82, 2.24) is 4.48 Å². The molecule has 7 heteroatoms. The van der Waals surface area contributed by atoms with Gasteiger partial charge >= 0.3 is 12.4 Å². The van der Waals surface area contributed by atoms with Gasteiger partial charge in [0.05, 0.1) is 30.8 Å². The van der Waals surface area contributed by atoms with E-state index in [1.807, 2.05) is 20.8 Å². The molecule has 0 saturated carbocycles. The highest BCUT2D eigenvalue weighted by Gasteiger charge is 2.40. The smallest absolute Gasteiger partial charge is 0.291 e. The summed E-state index contributed by atoms with van der Waals surface area (Å²) in [6, 6.07) is 2.07. The Morgan fingerprint density at radius 1 is 0.630 bits per heavy atom. The van der Waals surface area contributed by atoms with Crippen LogP contribution in [0.2, 0.25) is 0 Å². The van der Waals surface area contributed by atoms with E-state index in [1.54, 1.807) is 0 Å². The Hall–Kier alpha value is -1.24. The van der Waals surface area contributed by atoms with Gasteiger partial charge in [0.25, 0.3) is 0 Å². The predicted octanol–water partition coefficient (Wildman–Crippen LogP) is 7.43. The van der Waals surface area contributed by atoms with Crippen molar-refractivity contribution in [1.29, 1.82) is 0 Å². The average Bonchev–Trinajstić information content (AvgIpc) is 2.59. The molecular weight excluding hydrogens is 368 g/mol. The summed E-state index contributed by atoms with van der Waals surface area (Å²) in [5.41, 5.74) is -2.31. The highest BCUT2D eigenvalue weighted by molar-refractivity contribution is 5.50. The second-order valence-electron chi connectivity index (χ2n) is 7.14. The molecule has 0 heterocycles. The van der Waals surface area contributed by atoms with Crippen molar-refractivity contribution in [2.45, 2.75) is 71.6 Å². The predicted molar refractivity (Wildman–Crippen MR) is 97.6 cm³/mol. The van der Waals surface area contributed by atoms with Crippen LogP contribution in [0, 0.1) is 0 Å². The molecule has 0 unspecified atom stereocenters. The van der Waals surface area contributed by atoms with Gasteiger partial charge in [-0.2, -0.15) is 26.3 Å². The molecular formula is C20H30F6N+. The number of nitrogens with zero attached hydrogens (tertiary/aromatic N) is 1. The van der Waals surface area contributed by atoms with E-state index in [4.69, 9.17) is 0 Å². The van der Waals surface area contributed by atoms with E-state index < -0.39 is 23.5 Å². The molecule has 0 aliphatic rings. The Bertz CT molecular complexity index is 523. The van der Waals surface area contributed by atoms with Crippen molar-refractivity contribution < 1.29 is 26.3 Å². The van der Waals surface area contributed by atoms with Gasteiger partial charge in [-0.15, -0.1) is 0 Å². The number of hydrogen-bond acceptors (Lipinski definition) is 0. The average molecular weight is 398 g/mol. The molecule has 0 amide bonds. The normalized spacial score (nSPS) is 13.2. The Kier molecular flexibility index (Phi) is 8.64. The third kappa shape index (κ3) is 6.70. The fourth-order valence-electron chi connectivity index (χ4n) is 3.32. The SMILES string of the molecule is CCCC[N+](CCCC)(CCCC)c1cc(C(F)(F)F)cc(C(F)(F)F)c1. The molecule has 0 aromatic heterocycles. The van der Waals surface area contributed by atoms with Crippen LogP contribution in [0.1, 0.15) is 70.4 Å². The first-order valence-corrected chi connectivity index (χ1v) is 9.66. The maximum atomic E-state index is 13.3. The molecule has 0 radical (unpaired) electrons. The maximum absolute atomic E-state index is 13.3. The first-order chi connectivity index (χ1) is 12.5. The van der Waals surface area contributed by atoms with E-state index in [0.29, 0.717) is 19.6 Å². The van der Waals surface area contributed by atoms with Gasteiger partial charge in [-0.05, 0) is 25.3 Å². The summed E-state index contributed by atoms with van der Waals surface area (Å²) in [7, 11) is 0. The Morgan fingerprint density at radius 3 is 1.22 bits per heavy atom. The van der Waals surface area contributed by atoms with E-state index in [0.717, 1.165) is 50.7 Å². The molecule has 1 aromatic rings. The number of alkyl halides is 6. The minimum Gasteiger partial charge on any atom is -0.291 e. The van der Waals surface area contributed by atoms with Crippen molar-refractivity contribution in [2.75, 3.05) is 19.6 Å². The largest absolute Gasteiger partial charge is 0.416 e. The van der Waals surface area contributed by atoms with Gasteiger partial charge in [0.15, 0.2) is 0 Å². The monoisotopic (exact) mass is 398 g/mol. The van der Waals surface area contributed by atoms with Crippen LogP contribution < -0.4 is 4.48 Å². The Morgan fingerprint density at radius 2 is 0.963 bits per heavy atom. The molecule has 1 aromatic carbocycles. The van der Waals surface area contributed by atoms with Crippen LogP contribution in [-0.4, -0.2) is 19.6 Å². The summed E-state index contributed by atoms with van der Waals surface area (Å²) in [6.45, 7) is 7.57. The quantitative estimate of drug-likeness (QED) is 0.284. The first-order valence-electron chi connectivity index (χ1n) is 9.66. The lowest BCUT2D eigenvalue weighted by molar-refractivity contribution is -0.143. The minimum absolute atomic E-state index is 0.132. The third-order valence-electron chi connectivity index (χ3n) is 4.94. The van der Waals surface area contributed by atoms with Crippen LogP contribution in [0.4, 0.5) is 32.0 Å². The molecule has 0 aliphatic heterocycles. The molecule has 0 bridgehead atoms. The zero-order valence-corrected chi connectivity index (χ0v) is 16.3. The molecule has 0 aliphatic carbocycles. The molecule has 156 valence electrons. The lowest BCUT2D eigenvalue weighted by Crippen LogP contribution is -2.51. The minimum atomic E-state index is -4.81. The van der Waals surface area contributed by atoms with Crippen LogP contribution in [0.3, 0.4) is 0 Å². The van der Waals surface area contributed by atoms with Gasteiger partial charge in [-0.25, -0.2) is 0 Å². The number of halogens is 6. The third-order valence-corrected chi connectivity index (χ3v) is 4.94. The lowest BCUT2D eigenvalue weighted by Gasteiger charge is -2.39. The van der Waals surface area contributed by atoms with E-state index in [-0.39, 0.29) is 16.2 Å². The molecule has 1 rings (SSSR count). The zero-order valence-electron chi connectivity index (χ0n) is 16.3. The van der Waals surface area contributed by atoms with Gasteiger partial charge in [-0.1, -0.05) is 40.0 Å². The van der Waals surface area contributed by atoms with E-state index in [1.165, 1.54) is 0 Å².